The first-order valence-corrected chi connectivity index (χ1v) is 5.22. The molecule has 0 heterocycles. The SMILES string of the molecule is CCN(CC(=O)C(C)(C)C)C1CC1. The Morgan fingerprint density at radius 1 is 1.38 bits per heavy atom. The quantitative estimate of drug-likeness (QED) is 0.665. The second-order valence-electron chi connectivity index (χ2n) is 4.97. The van der Waals surface area contributed by atoms with Gasteiger partial charge in [-0.25, -0.2) is 0 Å². The second-order valence-corrected chi connectivity index (χ2v) is 4.97. The molecule has 2 heteroatoms. The Morgan fingerprint density at radius 3 is 2.23 bits per heavy atom. The average Bonchev–Trinajstić information content (AvgIpc) is 2.80. The molecule has 0 bridgehead atoms. The van der Waals surface area contributed by atoms with E-state index in [9.17, 15) is 4.79 Å². The Balaban J connectivity index is 2.41. The lowest BCUT2D eigenvalue weighted by Crippen LogP contribution is -2.37. The van der Waals surface area contributed by atoms with Crippen LogP contribution in [-0.4, -0.2) is 29.8 Å². The lowest BCUT2D eigenvalue weighted by molar-refractivity contribution is -0.127. The molecule has 1 fully saturated rings. The van der Waals surface area contributed by atoms with Crippen molar-refractivity contribution in [3.63, 3.8) is 0 Å². The summed E-state index contributed by atoms with van der Waals surface area (Å²) in [6.07, 6.45) is 2.57. The number of likely N-dealkylation sites (N-methyl/N-ethyl adjacent to an activating group) is 1. The number of carbonyl (C=O) groups excluding carboxylic acids is 1. The van der Waals surface area contributed by atoms with Crippen molar-refractivity contribution in [1.82, 2.24) is 4.90 Å². The summed E-state index contributed by atoms with van der Waals surface area (Å²) in [5.41, 5.74) is -0.178. The first kappa shape index (κ1) is 10.7. The number of hydrogen-bond donors (Lipinski definition) is 0. The van der Waals surface area contributed by atoms with Gasteiger partial charge in [-0.1, -0.05) is 27.7 Å². The molecule has 0 saturated heterocycles. The fourth-order valence-corrected chi connectivity index (χ4v) is 1.36. The number of hydrogen-bond acceptors (Lipinski definition) is 2. The highest BCUT2D eigenvalue weighted by Crippen LogP contribution is 2.27. The van der Waals surface area contributed by atoms with Crippen LogP contribution in [0, 0.1) is 5.41 Å². The van der Waals surface area contributed by atoms with E-state index in [0.717, 1.165) is 6.54 Å². The maximum atomic E-state index is 11.7. The minimum absolute atomic E-state index is 0.178. The van der Waals surface area contributed by atoms with Gasteiger partial charge in [0.2, 0.25) is 0 Å². The number of carbonyl (C=O) groups is 1. The van der Waals surface area contributed by atoms with Gasteiger partial charge in [0.1, 0.15) is 0 Å². The molecule has 1 aliphatic carbocycles. The zero-order chi connectivity index (χ0) is 10.1. The molecule has 1 saturated carbocycles. The van der Waals surface area contributed by atoms with Crippen molar-refractivity contribution >= 4 is 5.78 Å². The summed E-state index contributed by atoms with van der Waals surface area (Å²) in [4.78, 5) is 14.0. The Morgan fingerprint density at radius 2 is 1.92 bits per heavy atom. The maximum Gasteiger partial charge on any atom is 0.152 e. The van der Waals surface area contributed by atoms with E-state index in [4.69, 9.17) is 0 Å². The van der Waals surface area contributed by atoms with Gasteiger partial charge in [-0.05, 0) is 19.4 Å². The zero-order valence-corrected chi connectivity index (χ0v) is 9.26. The molecule has 0 atom stereocenters. The van der Waals surface area contributed by atoms with Crippen LogP contribution in [0.25, 0.3) is 0 Å². The van der Waals surface area contributed by atoms with E-state index in [0.29, 0.717) is 18.4 Å². The van der Waals surface area contributed by atoms with Gasteiger partial charge in [-0.3, -0.25) is 9.69 Å². The van der Waals surface area contributed by atoms with Gasteiger partial charge < -0.3 is 0 Å². The van der Waals surface area contributed by atoms with Crippen LogP contribution in [-0.2, 0) is 4.79 Å². The van der Waals surface area contributed by atoms with Crippen molar-refractivity contribution in [2.24, 2.45) is 5.41 Å². The van der Waals surface area contributed by atoms with Gasteiger partial charge in [0.25, 0.3) is 0 Å². The van der Waals surface area contributed by atoms with Crippen molar-refractivity contribution in [2.75, 3.05) is 13.1 Å². The Kier molecular flexibility index (Phi) is 3.12. The summed E-state index contributed by atoms with van der Waals surface area (Å²) >= 11 is 0. The van der Waals surface area contributed by atoms with E-state index in [-0.39, 0.29) is 5.41 Å². The lowest BCUT2D eigenvalue weighted by atomic mass is 9.90. The fourth-order valence-electron chi connectivity index (χ4n) is 1.36. The summed E-state index contributed by atoms with van der Waals surface area (Å²) in [6.45, 7) is 9.77. The van der Waals surface area contributed by atoms with Gasteiger partial charge in [0.15, 0.2) is 5.78 Å². The molecular formula is C11H21NO. The third-order valence-electron chi connectivity index (χ3n) is 2.65. The fraction of sp³-hybridized carbons (Fsp3) is 0.909. The standard InChI is InChI=1S/C11H21NO/c1-5-12(9-6-7-9)8-10(13)11(2,3)4/h9H,5-8H2,1-4H3. The molecule has 0 N–H and O–H groups in total. The van der Waals surface area contributed by atoms with E-state index >= 15 is 0 Å². The molecule has 1 aliphatic rings. The summed E-state index contributed by atoms with van der Waals surface area (Å²) in [7, 11) is 0. The molecule has 13 heavy (non-hydrogen) atoms. The van der Waals surface area contributed by atoms with E-state index in [1.54, 1.807) is 0 Å². The van der Waals surface area contributed by atoms with Crippen molar-refractivity contribution in [2.45, 2.75) is 46.6 Å². The Hall–Kier alpha value is -0.370. The molecule has 0 aliphatic heterocycles. The number of nitrogens with zero attached hydrogens (tertiary/aromatic N) is 1. The molecule has 0 amide bonds. The van der Waals surface area contributed by atoms with Crippen LogP contribution in [0.3, 0.4) is 0 Å². The van der Waals surface area contributed by atoms with Crippen LogP contribution in [0.15, 0.2) is 0 Å². The summed E-state index contributed by atoms with van der Waals surface area (Å²) < 4.78 is 0. The molecular weight excluding hydrogens is 162 g/mol. The number of Topliss-reactive ketones (excluding diaryl/α,β-unsaturated/α-hetero) is 1. The van der Waals surface area contributed by atoms with Crippen molar-refractivity contribution in [3.8, 4) is 0 Å². The van der Waals surface area contributed by atoms with Crippen LogP contribution in [0.4, 0.5) is 0 Å². The molecule has 0 aromatic rings. The normalized spacial score (nSPS) is 17.9. The van der Waals surface area contributed by atoms with Crippen molar-refractivity contribution in [3.05, 3.63) is 0 Å². The minimum Gasteiger partial charge on any atom is -0.298 e. The first-order chi connectivity index (χ1) is 5.95. The van der Waals surface area contributed by atoms with Gasteiger partial charge in [0.05, 0.1) is 6.54 Å². The zero-order valence-electron chi connectivity index (χ0n) is 9.26. The molecule has 0 aromatic carbocycles. The van der Waals surface area contributed by atoms with Crippen molar-refractivity contribution in [1.29, 1.82) is 0 Å². The smallest absolute Gasteiger partial charge is 0.152 e. The second kappa shape index (κ2) is 3.79. The van der Waals surface area contributed by atoms with E-state index in [1.807, 2.05) is 20.8 Å². The molecule has 0 aromatic heterocycles. The van der Waals surface area contributed by atoms with Crippen LogP contribution in [0.5, 0.6) is 0 Å². The minimum atomic E-state index is -0.178. The predicted molar refractivity (Wildman–Crippen MR) is 54.7 cm³/mol. The highest BCUT2D eigenvalue weighted by Gasteiger charge is 2.31. The highest BCUT2D eigenvalue weighted by atomic mass is 16.1. The molecule has 0 unspecified atom stereocenters. The summed E-state index contributed by atoms with van der Waals surface area (Å²) in [5, 5.41) is 0. The Bertz CT molecular complexity index is 189. The topological polar surface area (TPSA) is 20.3 Å². The van der Waals surface area contributed by atoms with Crippen LogP contribution in [0.2, 0.25) is 0 Å². The number of ketones is 1. The lowest BCUT2D eigenvalue weighted by Gasteiger charge is -2.24. The highest BCUT2D eigenvalue weighted by molar-refractivity contribution is 5.85. The summed E-state index contributed by atoms with van der Waals surface area (Å²) in [6, 6.07) is 0.705. The number of rotatable bonds is 4. The van der Waals surface area contributed by atoms with Gasteiger partial charge in [-0.15, -0.1) is 0 Å². The third kappa shape index (κ3) is 3.11. The van der Waals surface area contributed by atoms with Gasteiger partial charge in [0, 0.05) is 11.5 Å². The molecule has 76 valence electrons. The first-order valence-electron chi connectivity index (χ1n) is 5.22. The largest absolute Gasteiger partial charge is 0.298 e. The van der Waals surface area contributed by atoms with Gasteiger partial charge in [-0.2, -0.15) is 0 Å². The van der Waals surface area contributed by atoms with E-state index in [1.165, 1.54) is 12.8 Å². The van der Waals surface area contributed by atoms with E-state index in [2.05, 4.69) is 11.8 Å². The van der Waals surface area contributed by atoms with Crippen LogP contribution < -0.4 is 0 Å². The van der Waals surface area contributed by atoms with Crippen LogP contribution in [0.1, 0.15) is 40.5 Å². The maximum absolute atomic E-state index is 11.7. The molecule has 2 nitrogen and oxygen atoms in total. The van der Waals surface area contributed by atoms with Crippen molar-refractivity contribution < 1.29 is 4.79 Å². The van der Waals surface area contributed by atoms with E-state index < -0.39 is 0 Å². The predicted octanol–water partition coefficient (Wildman–Crippen LogP) is 2.09. The van der Waals surface area contributed by atoms with Crippen LogP contribution >= 0.6 is 0 Å². The average molecular weight is 183 g/mol. The molecule has 0 radical (unpaired) electrons. The van der Waals surface area contributed by atoms with Gasteiger partial charge >= 0.3 is 0 Å². The Labute approximate surface area is 81.3 Å². The monoisotopic (exact) mass is 183 g/mol. The summed E-state index contributed by atoms with van der Waals surface area (Å²) in [5.74, 6) is 0.362. The molecule has 0 spiro atoms. The third-order valence-corrected chi connectivity index (χ3v) is 2.65. The molecule has 1 rings (SSSR count).